The Bertz CT molecular complexity index is 1160. The molecule has 0 bridgehead atoms. The summed E-state index contributed by atoms with van der Waals surface area (Å²) in [6.45, 7) is 1.84. The molecule has 1 aliphatic heterocycles. The van der Waals surface area contributed by atoms with Crippen LogP contribution >= 0.6 is 22.9 Å². The monoisotopic (exact) mass is 461 g/mol. The molecule has 0 aliphatic carbocycles. The Morgan fingerprint density at radius 1 is 1.00 bits per heavy atom. The van der Waals surface area contributed by atoms with Crippen LogP contribution in [-0.4, -0.2) is 35.6 Å². The number of benzene rings is 2. The van der Waals surface area contributed by atoms with Crippen LogP contribution in [0.4, 0.5) is 11.4 Å². The van der Waals surface area contributed by atoms with E-state index in [9.17, 15) is 8.42 Å². The number of fused-ring (bicyclic) bond motifs is 1. The Kier molecular flexibility index (Phi) is 6.06. The van der Waals surface area contributed by atoms with Crippen molar-refractivity contribution in [1.29, 1.82) is 0 Å². The first-order valence-corrected chi connectivity index (χ1v) is 12.4. The highest BCUT2D eigenvalue weighted by molar-refractivity contribution is 7.94. The average molecular weight is 462 g/mol. The summed E-state index contributed by atoms with van der Waals surface area (Å²) in [4.78, 5) is 2.83. The van der Waals surface area contributed by atoms with Gasteiger partial charge in [0.2, 0.25) is 0 Å². The fourth-order valence-electron chi connectivity index (χ4n) is 3.59. The smallest absolute Gasteiger partial charge is 0.271 e. The van der Waals surface area contributed by atoms with Crippen LogP contribution in [-0.2, 0) is 22.9 Å². The molecule has 8 heteroatoms. The highest BCUT2D eigenvalue weighted by Gasteiger charge is 2.21. The van der Waals surface area contributed by atoms with Crippen LogP contribution in [0.15, 0.2) is 52.7 Å². The zero-order chi connectivity index (χ0) is 21.3. The van der Waals surface area contributed by atoms with Gasteiger partial charge in [0.1, 0.15) is 4.21 Å². The van der Waals surface area contributed by atoms with Crippen molar-refractivity contribution < 1.29 is 8.42 Å². The van der Waals surface area contributed by atoms with Crippen LogP contribution in [0.3, 0.4) is 0 Å². The molecule has 2 heterocycles. The quantitative estimate of drug-likeness (QED) is 0.581. The summed E-state index contributed by atoms with van der Waals surface area (Å²) >= 11 is 7.21. The molecule has 2 N–H and O–H groups in total. The van der Waals surface area contributed by atoms with Gasteiger partial charge in [0.25, 0.3) is 10.0 Å². The van der Waals surface area contributed by atoms with Crippen molar-refractivity contribution in [3.05, 3.63) is 64.7 Å². The molecule has 1 aliphatic rings. The number of nitrogens with zero attached hydrogens (tertiary/aromatic N) is 1. The van der Waals surface area contributed by atoms with E-state index in [2.05, 4.69) is 16.1 Å². The third kappa shape index (κ3) is 4.49. The third-order valence-corrected chi connectivity index (χ3v) is 8.40. The van der Waals surface area contributed by atoms with Gasteiger partial charge in [-0.3, -0.25) is 4.72 Å². The number of hydrogen-bond donors (Lipinski definition) is 2. The highest BCUT2D eigenvalue weighted by Crippen LogP contribution is 2.35. The molecule has 1 aromatic heterocycles. The molecule has 0 saturated heterocycles. The minimum Gasteiger partial charge on any atom is -0.376 e. The van der Waals surface area contributed by atoms with Gasteiger partial charge in [0.15, 0.2) is 0 Å². The maximum atomic E-state index is 13.2. The SMILES string of the molecule is CN(C)c1cc2c(cc1NS(=O)(=O)c1ccc(-c3ccc(Cl)cc3)s1)CCNCC2. The fraction of sp³-hybridized carbons (Fsp3) is 0.273. The van der Waals surface area contributed by atoms with E-state index >= 15 is 0 Å². The lowest BCUT2D eigenvalue weighted by atomic mass is 10.0. The highest BCUT2D eigenvalue weighted by atomic mass is 35.5. The lowest BCUT2D eigenvalue weighted by Crippen LogP contribution is -2.17. The van der Waals surface area contributed by atoms with Crippen LogP contribution in [0, 0.1) is 0 Å². The fourth-order valence-corrected chi connectivity index (χ4v) is 6.10. The predicted octanol–water partition coefficient (Wildman–Crippen LogP) is 4.62. The van der Waals surface area contributed by atoms with Crippen LogP contribution in [0.5, 0.6) is 0 Å². The van der Waals surface area contributed by atoms with Crippen molar-refractivity contribution in [3.63, 3.8) is 0 Å². The van der Waals surface area contributed by atoms with E-state index in [0.717, 1.165) is 42.1 Å². The third-order valence-electron chi connectivity index (χ3n) is 5.16. The maximum Gasteiger partial charge on any atom is 0.271 e. The Morgan fingerprint density at radius 2 is 1.67 bits per heavy atom. The Morgan fingerprint density at radius 3 is 2.33 bits per heavy atom. The number of rotatable bonds is 5. The van der Waals surface area contributed by atoms with E-state index in [-0.39, 0.29) is 4.21 Å². The second-order valence-electron chi connectivity index (χ2n) is 7.51. The molecule has 4 rings (SSSR count). The Balaban J connectivity index is 1.66. The van der Waals surface area contributed by atoms with Crippen molar-refractivity contribution in [2.24, 2.45) is 0 Å². The molecule has 5 nitrogen and oxygen atoms in total. The van der Waals surface area contributed by atoms with Crippen molar-refractivity contribution >= 4 is 44.3 Å². The average Bonchev–Trinajstić information content (AvgIpc) is 3.09. The van der Waals surface area contributed by atoms with Crippen molar-refractivity contribution in [3.8, 4) is 10.4 Å². The second kappa shape index (κ2) is 8.59. The van der Waals surface area contributed by atoms with Gasteiger partial charge in [-0.2, -0.15) is 0 Å². The summed E-state index contributed by atoms with van der Waals surface area (Å²) in [5, 5.41) is 4.05. The Hall–Kier alpha value is -2.06. The molecule has 0 saturated carbocycles. The first-order chi connectivity index (χ1) is 14.3. The molecule has 0 fully saturated rings. The van der Waals surface area contributed by atoms with E-state index in [0.29, 0.717) is 10.7 Å². The van der Waals surface area contributed by atoms with Gasteiger partial charge in [0, 0.05) is 24.0 Å². The van der Waals surface area contributed by atoms with Crippen molar-refractivity contribution in [1.82, 2.24) is 5.32 Å². The molecule has 0 unspecified atom stereocenters. The number of anilines is 2. The largest absolute Gasteiger partial charge is 0.376 e. The zero-order valence-electron chi connectivity index (χ0n) is 16.9. The lowest BCUT2D eigenvalue weighted by molar-refractivity contribution is 0.603. The molecule has 2 aromatic carbocycles. The van der Waals surface area contributed by atoms with Gasteiger partial charge < -0.3 is 10.2 Å². The lowest BCUT2D eigenvalue weighted by Gasteiger charge is -2.21. The second-order valence-corrected chi connectivity index (χ2v) is 10.9. The predicted molar refractivity (Wildman–Crippen MR) is 127 cm³/mol. The van der Waals surface area contributed by atoms with E-state index in [4.69, 9.17) is 11.6 Å². The standard InChI is InChI=1S/C22H24ClN3O2S2/c1-26(2)20-14-17-10-12-24-11-9-16(17)13-19(20)25-30(27,28)22-8-7-21(29-22)15-3-5-18(23)6-4-15/h3-8,13-14,24-25H,9-12H2,1-2H3. The van der Waals surface area contributed by atoms with Gasteiger partial charge in [-0.15, -0.1) is 11.3 Å². The summed E-state index contributed by atoms with van der Waals surface area (Å²) in [5.41, 5.74) is 4.89. The number of nitrogens with one attached hydrogen (secondary N) is 2. The first kappa shape index (κ1) is 21.2. The summed E-state index contributed by atoms with van der Waals surface area (Å²) < 4.78 is 29.4. The van der Waals surface area contributed by atoms with Gasteiger partial charge >= 0.3 is 0 Å². The summed E-state index contributed by atoms with van der Waals surface area (Å²) in [6.07, 6.45) is 1.83. The van der Waals surface area contributed by atoms with E-state index in [1.807, 2.05) is 43.3 Å². The number of halogens is 1. The molecular weight excluding hydrogens is 438 g/mol. The normalized spacial score (nSPS) is 14.1. The molecular formula is C22H24ClN3O2S2. The first-order valence-electron chi connectivity index (χ1n) is 9.76. The number of sulfonamides is 1. The van der Waals surface area contributed by atoms with E-state index in [1.165, 1.54) is 22.5 Å². The molecule has 0 radical (unpaired) electrons. The summed E-state index contributed by atoms with van der Waals surface area (Å²) in [6, 6.07) is 15.0. The number of hydrogen-bond acceptors (Lipinski definition) is 5. The molecule has 0 amide bonds. The Labute approximate surface area is 186 Å². The molecule has 158 valence electrons. The van der Waals surface area contributed by atoms with Crippen LogP contribution in [0.2, 0.25) is 5.02 Å². The van der Waals surface area contributed by atoms with E-state index < -0.39 is 10.0 Å². The van der Waals surface area contributed by atoms with Crippen molar-refractivity contribution in [2.45, 2.75) is 17.1 Å². The van der Waals surface area contributed by atoms with Gasteiger partial charge in [-0.25, -0.2) is 8.42 Å². The molecule has 3 aromatic rings. The van der Waals surface area contributed by atoms with E-state index in [1.54, 1.807) is 18.2 Å². The van der Waals surface area contributed by atoms with Crippen molar-refractivity contribution in [2.75, 3.05) is 36.8 Å². The topological polar surface area (TPSA) is 61.4 Å². The van der Waals surface area contributed by atoms with Crippen LogP contribution < -0.4 is 14.9 Å². The maximum absolute atomic E-state index is 13.2. The minimum absolute atomic E-state index is 0.286. The minimum atomic E-state index is -3.70. The van der Waals surface area contributed by atoms with Gasteiger partial charge in [-0.05, 0) is 79.0 Å². The van der Waals surface area contributed by atoms with Gasteiger partial charge in [0.05, 0.1) is 11.4 Å². The molecule has 0 spiro atoms. The van der Waals surface area contributed by atoms with Crippen LogP contribution in [0.1, 0.15) is 11.1 Å². The van der Waals surface area contributed by atoms with Gasteiger partial charge in [-0.1, -0.05) is 23.7 Å². The van der Waals surface area contributed by atoms with Crippen LogP contribution in [0.25, 0.3) is 10.4 Å². The molecule has 30 heavy (non-hydrogen) atoms. The summed E-state index contributed by atoms with van der Waals surface area (Å²) in [5.74, 6) is 0. The zero-order valence-corrected chi connectivity index (χ0v) is 19.3. The summed E-state index contributed by atoms with van der Waals surface area (Å²) in [7, 11) is 0.157. The number of thiophene rings is 1. The molecule has 0 atom stereocenters.